The molecule has 0 N–H and O–H groups in total. The zero-order valence-electron chi connectivity index (χ0n) is 20.4. The number of rotatable bonds is 10. The highest BCUT2D eigenvalue weighted by Gasteiger charge is 2.32. The highest BCUT2D eigenvalue weighted by Crippen LogP contribution is 2.27. The van der Waals surface area contributed by atoms with Crippen LogP contribution in [-0.2, 0) is 11.8 Å². The summed E-state index contributed by atoms with van der Waals surface area (Å²) < 4.78 is 17.3. The van der Waals surface area contributed by atoms with E-state index in [2.05, 4.69) is 6.58 Å². The number of hydrogen-bond acceptors (Lipinski definition) is 6. The van der Waals surface area contributed by atoms with Crippen molar-refractivity contribution in [1.82, 2.24) is 9.47 Å². The maximum absolute atomic E-state index is 13.6. The third kappa shape index (κ3) is 5.10. The zero-order valence-corrected chi connectivity index (χ0v) is 20.4. The van der Waals surface area contributed by atoms with Gasteiger partial charge in [0.25, 0.3) is 5.91 Å². The molecule has 1 aromatic heterocycles. The van der Waals surface area contributed by atoms with E-state index in [1.807, 2.05) is 0 Å². The molecular formula is C25H32N2O6. The molecular weight excluding hydrogens is 424 g/mol. The van der Waals surface area contributed by atoms with Gasteiger partial charge in [-0.1, -0.05) is 6.08 Å². The molecule has 0 fully saturated rings. The Hall–Kier alpha value is -3.55. The number of carbonyl (C=O) groups is 3. The summed E-state index contributed by atoms with van der Waals surface area (Å²) in [6.07, 6.45) is 1.56. The Balaban J connectivity index is 2.49. The average molecular weight is 457 g/mol. The summed E-state index contributed by atoms with van der Waals surface area (Å²) in [5.74, 6) is -0.214. The minimum atomic E-state index is -0.817. The molecule has 2 rings (SSSR count). The van der Waals surface area contributed by atoms with Gasteiger partial charge in [-0.15, -0.1) is 6.58 Å². The first kappa shape index (κ1) is 25.7. The topological polar surface area (TPSA) is 87.1 Å². The Morgan fingerprint density at radius 2 is 1.70 bits per heavy atom. The van der Waals surface area contributed by atoms with E-state index in [0.717, 1.165) is 0 Å². The van der Waals surface area contributed by atoms with E-state index in [9.17, 15) is 14.4 Å². The Labute approximate surface area is 194 Å². The second kappa shape index (κ2) is 10.8. The van der Waals surface area contributed by atoms with Crippen molar-refractivity contribution < 1.29 is 28.6 Å². The Kier molecular flexibility index (Phi) is 8.45. The van der Waals surface area contributed by atoms with Crippen LogP contribution < -0.4 is 9.47 Å². The van der Waals surface area contributed by atoms with Crippen molar-refractivity contribution in [1.29, 1.82) is 0 Å². The van der Waals surface area contributed by atoms with Crippen LogP contribution in [-0.4, -0.2) is 60.5 Å². The maximum Gasteiger partial charge on any atom is 0.355 e. The largest absolute Gasteiger partial charge is 0.497 e. The molecule has 0 saturated heterocycles. The zero-order chi connectivity index (χ0) is 24.9. The van der Waals surface area contributed by atoms with Crippen molar-refractivity contribution in [2.75, 3.05) is 27.4 Å². The lowest BCUT2D eigenvalue weighted by molar-refractivity contribution is 0.0513. The number of methoxy groups -OCH3 is 2. The lowest BCUT2D eigenvalue weighted by Gasteiger charge is -2.28. The number of carbonyl (C=O) groups excluding carboxylic acids is 3. The van der Waals surface area contributed by atoms with Gasteiger partial charge in [-0.3, -0.25) is 9.59 Å². The maximum atomic E-state index is 13.6. The van der Waals surface area contributed by atoms with Crippen LogP contribution in [0.15, 0.2) is 30.9 Å². The smallest absolute Gasteiger partial charge is 0.355 e. The SMILES string of the molecule is C=CCN(C(=O)c1cc(OC)cc(OC)c1)C(C)C(=O)c1c(C)c(C(=O)OCC)n(C)c1C. The van der Waals surface area contributed by atoms with Crippen LogP contribution in [0, 0.1) is 13.8 Å². The number of ether oxygens (including phenoxy) is 3. The summed E-state index contributed by atoms with van der Waals surface area (Å²) in [4.78, 5) is 40.9. The second-order valence-electron chi connectivity index (χ2n) is 7.60. The standard InChI is InChI=1S/C25H32N2O6/c1-9-11-27(24(29)18-12-19(31-7)14-20(13-18)32-8)17(5)23(28)21-15(3)22(25(30)33-10-2)26(6)16(21)4/h9,12-14,17H,1,10-11H2,2-8H3. The van der Waals surface area contributed by atoms with Gasteiger partial charge in [0.2, 0.25) is 0 Å². The monoisotopic (exact) mass is 456 g/mol. The van der Waals surface area contributed by atoms with Crippen molar-refractivity contribution in [2.45, 2.75) is 33.7 Å². The van der Waals surface area contributed by atoms with Gasteiger partial charge in [-0.05, 0) is 45.4 Å². The summed E-state index contributed by atoms with van der Waals surface area (Å²) in [6.45, 7) is 11.0. The third-order valence-electron chi connectivity index (χ3n) is 5.68. The number of benzene rings is 1. The van der Waals surface area contributed by atoms with E-state index in [1.165, 1.54) is 19.1 Å². The Morgan fingerprint density at radius 3 is 2.18 bits per heavy atom. The van der Waals surface area contributed by atoms with Crippen LogP contribution in [0.25, 0.3) is 0 Å². The van der Waals surface area contributed by atoms with Gasteiger partial charge >= 0.3 is 5.97 Å². The van der Waals surface area contributed by atoms with Crippen LogP contribution in [0.3, 0.4) is 0 Å². The van der Waals surface area contributed by atoms with E-state index >= 15 is 0 Å². The first-order valence-electron chi connectivity index (χ1n) is 10.6. The molecule has 8 heteroatoms. The van der Waals surface area contributed by atoms with Crippen LogP contribution >= 0.6 is 0 Å². The van der Waals surface area contributed by atoms with Gasteiger partial charge in [0.1, 0.15) is 17.2 Å². The lowest BCUT2D eigenvalue weighted by Crippen LogP contribution is -2.43. The van der Waals surface area contributed by atoms with Gasteiger partial charge < -0.3 is 23.7 Å². The molecule has 1 heterocycles. The Bertz CT molecular complexity index is 1050. The molecule has 0 aliphatic heterocycles. The molecule has 0 radical (unpaired) electrons. The molecule has 0 spiro atoms. The molecule has 8 nitrogen and oxygen atoms in total. The van der Waals surface area contributed by atoms with Gasteiger partial charge in [0.15, 0.2) is 5.78 Å². The number of nitrogens with zero attached hydrogens (tertiary/aromatic N) is 2. The normalized spacial score (nSPS) is 11.5. The number of Topliss-reactive ketones (excluding diaryl/α,β-unsaturated/α-hetero) is 1. The number of hydrogen-bond donors (Lipinski definition) is 0. The molecule has 1 unspecified atom stereocenters. The van der Waals surface area contributed by atoms with E-state index in [0.29, 0.717) is 39.6 Å². The highest BCUT2D eigenvalue weighted by molar-refractivity contribution is 6.07. The molecule has 33 heavy (non-hydrogen) atoms. The fourth-order valence-electron chi connectivity index (χ4n) is 3.83. The number of amides is 1. The first-order valence-corrected chi connectivity index (χ1v) is 10.6. The summed E-state index contributed by atoms with van der Waals surface area (Å²) in [5.41, 5.74) is 2.20. The molecule has 178 valence electrons. The van der Waals surface area contributed by atoms with E-state index < -0.39 is 12.0 Å². The van der Waals surface area contributed by atoms with Crippen molar-refractivity contribution in [3.8, 4) is 11.5 Å². The first-order chi connectivity index (χ1) is 15.6. The third-order valence-corrected chi connectivity index (χ3v) is 5.68. The molecule has 1 amide bonds. The van der Waals surface area contributed by atoms with Crippen LogP contribution in [0.4, 0.5) is 0 Å². The van der Waals surface area contributed by atoms with E-state index in [4.69, 9.17) is 14.2 Å². The van der Waals surface area contributed by atoms with E-state index in [1.54, 1.807) is 63.6 Å². The van der Waals surface area contributed by atoms with Crippen molar-refractivity contribution >= 4 is 17.7 Å². The van der Waals surface area contributed by atoms with Crippen molar-refractivity contribution in [2.24, 2.45) is 7.05 Å². The van der Waals surface area contributed by atoms with Gasteiger partial charge in [0.05, 0.1) is 26.9 Å². The van der Waals surface area contributed by atoms with Crippen molar-refractivity contribution in [3.05, 3.63) is 58.9 Å². The summed E-state index contributed by atoms with van der Waals surface area (Å²) in [7, 11) is 4.71. The molecule has 2 aromatic rings. The summed E-state index contributed by atoms with van der Waals surface area (Å²) in [6, 6.07) is 4.03. The molecule has 0 saturated carbocycles. The minimum Gasteiger partial charge on any atom is -0.497 e. The average Bonchev–Trinajstić information content (AvgIpc) is 3.03. The Morgan fingerprint density at radius 1 is 1.12 bits per heavy atom. The number of aromatic nitrogens is 1. The fourth-order valence-corrected chi connectivity index (χ4v) is 3.83. The van der Waals surface area contributed by atoms with Crippen molar-refractivity contribution in [3.63, 3.8) is 0 Å². The molecule has 1 atom stereocenters. The van der Waals surface area contributed by atoms with Crippen LogP contribution in [0.1, 0.15) is 56.3 Å². The van der Waals surface area contributed by atoms with Gasteiger partial charge in [-0.2, -0.15) is 0 Å². The lowest BCUT2D eigenvalue weighted by atomic mass is 9.99. The number of esters is 1. The van der Waals surface area contributed by atoms with Gasteiger partial charge in [0, 0.05) is 36.5 Å². The van der Waals surface area contributed by atoms with Crippen LogP contribution in [0.5, 0.6) is 11.5 Å². The van der Waals surface area contributed by atoms with Gasteiger partial charge in [-0.25, -0.2) is 4.79 Å². The molecule has 0 aliphatic rings. The second-order valence-corrected chi connectivity index (χ2v) is 7.60. The summed E-state index contributed by atoms with van der Waals surface area (Å²) in [5, 5.41) is 0. The predicted molar refractivity (Wildman–Crippen MR) is 125 cm³/mol. The quantitative estimate of drug-likeness (QED) is 0.308. The predicted octanol–water partition coefficient (Wildman–Crippen LogP) is 3.74. The molecule has 0 aliphatic carbocycles. The molecule has 0 bridgehead atoms. The number of ketones is 1. The minimum absolute atomic E-state index is 0.154. The summed E-state index contributed by atoms with van der Waals surface area (Å²) >= 11 is 0. The van der Waals surface area contributed by atoms with E-state index in [-0.39, 0.29) is 24.8 Å². The highest BCUT2D eigenvalue weighted by atomic mass is 16.5. The fraction of sp³-hybridized carbons (Fsp3) is 0.400. The van der Waals surface area contributed by atoms with Crippen LogP contribution in [0.2, 0.25) is 0 Å². The molecule has 1 aromatic carbocycles.